The maximum absolute atomic E-state index is 14.3. The minimum atomic E-state index is -4.51. The summed E-state index contributed by atoms with van der Waals surface area (Å²) in [4.78, 5) is 46.6. The number of aliphatic carboxylic acids is 1. The van der Waals surface area contributed by atoms with Crippen molar-refractivity contribution in [3.8, 4) is 5.19 Å². The minimum absolute atomic E-state index is 0.102. The van der Waals surface area contributed by atoms with E-state index in [2.05, 4.69) is 4.98 Å². The third-order valence-corrected chi connectivity index (χ3v) is 10.3. The van der Waals surface area contributed by atoms with Crippen LogP contribution in [-0.2, 0) is 27.0 Å². The number of ether oxygens (including phenoxy) is 1. The molecular formula is C34H35F3N2O5S. The average Bonchev–Trinajstić information content (AvgIpc) is 3.31. The number of rotatable bonds is 5. The lowest BCUT2D eigenvalue weighted by Crippen LogP contribution is -2.45. The molecule has 2 aliphatic heterocycles. The molecule has 11 heteroatoms. The van der Waals surface area contributed by atoms with E-state index in [4.69, 9.17) is 4.74 Å². The number of aromatic nitrogens is 1. The Morgan fingerprint density at radius 1 is 1.11 bits per heavy atom. The van der Waals surface area contributed by atoms with Crippen LogP contribution < -0.4 is 4.74 Å². The van der Waals surface area contributed by atoms with Gasteiger partial charge in [0.05, 0.1) is 33.8 Å². The van der Waals surface area contributed by atoms with Crippen LogP contribution in [0.4, 0.5) is 13.2 Å². The number of hydrogen-bond acceptors (Lipinski definition) is 6. The zero-order valence-electron chi connectivity index (χ0n) is 24.7. The molecule has 45 heavy (non-hydrogen) atoms. The number of alkyl halides is 3. The van der Waals surface area contributed by atoms with E-state index in [1.807, 2.05) is 36.4 Å². The van der Waals surface area contributed by atoms with Gasteiger partial charge in [0.15, 0.2) is 5.78 Å². The number of ketones is 1. The van der Waals surface area contributed by atoms with E-state index >= 15 is 0 Å². The first-order chi connectivity index (χ1) is 21.5. The fraction of sp³-hybridized carbons (Fsp3) is 0.471. The molecular weight excluding hydrogens is 605 g/mol. The Bertz CT molecular complexity index is 1590. The number of carbonyl (C=O) groups excluding carboxylic acids is 2. The van der Waals surface area contributed by atoms with E-state index in [1.54, 1.807) is 6.07 Å². The molecule has 1 N–H and O–H groups in total. The Morgan fingerprint density at radius 2 is 1.93 bits per heavy atom. The summed E-state index contributed by atoms with van der Waals surface area (Å²) < 4.78 is 47.6. The van der Waals surface area contributed by atoms with Crippen LogP contribution in [0.5, 0.6) is 5.19 Å². The van der Waals surface area contributed by atoms with Gasteiger partial charge in [0.1, 0.15) is 6.10 Å². The Hall–Kier alpha value is -3.73. The van der Waals surface area contributed by atoms with Gasteiger partial charge in [-0.05, 0) is 61.8 Å². The number of carboxylic acid groups (broad SMARTS) is 1. The number of carboxylic acids is 1. The second-order valence-corrected chi connectivity index (χ2v) is 13.5. The van der Waals surface area contributed by atoms with Crippen LogP contribution in [0.1, 0.15) is 62.5 Å². The van der Waals surface area contributed by atoms with Crippen LogP contribution >= 0.6 is 11.3 Å². The summed E-state index contributed by atoms with van der Waals surface area (Å²) in [5.41, 5.74) is -0.784. The van der Waals surface area contributed by atoms with Crippen molar-refractivity contribution in [2.45, 2.75) is 76.1 Å². The molecule has 0 unspecified atom stereocenters. The number of nitrogens with zero attached hydrogens (tertiary/aromatic N) is 2. The highest BCUT2D eigenvalue weighted by molar-refractivity contribution is 7.20. The quantitative estimate of drug-likeness (QED) is 0.299. The number of benzene rings is 2. The molecule has 0 bridgehead atoms. The zero-order chi connectivity index (χ0) is 31.8. The highest BCUT2D eigenvalue weighted by Gasteiger charge is 2.61. The van der Waals surface area contributed by atoms with Crippen LogP contribution in [0.15, 0.2) is 60.7 Å². The van der Waals surface area contributed by atoms with Gasteiger partial charge in [-0.2, -0.15) is 13.2 Å². The molecule has 3 heterocycles. The molecule has 2 aromatic carbocycles. The number of carbonyl (C=O) groups is 3. The molecule has 3 aliphatic rings. The minimum Gasteiger partial charge on any atom is -0.481 e. The Balaban J connectivity index is 1.30. The van der Waals surface area contributed by atoms with Crippen molar-refractivity contribution in [3.05, 3.63) is 71.8 Å². The Labute approximate surface area is 263 Å². The van der Waals surface area contributed by atoms with Crippen molar-refractivity contribution in [1.29, 1.82) is 0 Å². The number of Topliss-reactive ketones (excluding diaryl/α,β-unsaturated/α-hetero) is 1. The number of amides is 1. The molecule has 1 aromatic heterocycles. The molecule has 1 saturated heterocycles. The van der Waals surface area contributed by atoms with E-state index in [0.717, 1.165) is 41.6 Å². The van der Waals surface area contributed by atoms with Crippen molar-refractivity contribution in [2.75, 3.05) is 6.54 Å². The van der Waals surface area contributed by atoms with E-state index in [9.17, 15) is 32.7 Å². The van der Waals surface area contributed by atoms with Crippen LogP contribution in [0.25, 0.3) is 10.2 Å². The molecule has 5 atom stereocenters. The topological polar surface area (TPSA) is 96.8 Å². The summed E-state index contributed by atoms with van der Waals surface area (Å²) >= 11 is 1.36. The number of fused-ring (bicyclic) bond motifs is 3. The van der Waals surface area contributed by atoms with E-state index in [0.29, 0.717) is 30.0 Å². The smallest absolute Gasteiger partial charge is 0.416 e. The molecule has 0 spiro atoms. The highest BCUT2D eigenvalue weighted by Crippen LogP contribution is 2.57. The molecule has 3 aromatic rings. The van der Waals surface area contributed by atoms with Crippen LogP contribution in [0.2, 0.25) is 0 Å². The second-order valence-electron chi connectivity index (χ2n) is 12.5. The first-order valence-electron chi connectivity index (χ1n) is 15.4. The summed E-state index contributed by atoms with van der Waals surface area (Å²) in [6.07, 6.45) is 2.87. The number of allylic oxidation sites excluding steroid dienone is 2. The summed E-state index contributed by atoms with van der Waals surface area (Å²) in [5, 5.41) is 10.5. The summed E-state index contributed by atoms with van der Waals surface area (Å²) in [7, 11) is 0. The fourth-order valence-corrected chi connectivity index (χ4v) is 7.69. The maximum Gasteiger partial charge on any atom is 0.416 e. The molecule has 6 rings (SSSR count). The third-order valence-electron chi connectivity index (χ3n) is 9.39. The number of thiazole rings is 1. The number of halogens is 3. The largest absolute Gasteiger partial charge is 0.481 e. The maximum atomic E-state index is 14.3. The monoisotopic (exact) mass is 640 g/mol. The van der Waals surface area contributed by atoms with Crippen molar-refractivity contribution in [2.24, 2.45) is 17.3 Å². The molecule has 1 aliphatic carbocycles. The van der Waals surface area contributed by atoms with Gasteiger partial charge in [0.2, 0.25) is 5.91 Å². The molecule has 0 radical (unpaired) electrons. The van der Waals surface area contributed by atoms with Gasteiger partial charge in [0.25, 0.3) is 5.19 Å². The molecule has 1 amide bonds. The van der Waals surface area contributed by atoms with Crippen molar-refractivity contribution in [3.63, 3.8) is 0 Å². The standard InChI is InChI=1S/C34H35F3N2O5S/c35-34(36,37)23-12-8-9-21(16-23)15-22-10-4-2-1-3-5-11-24-18-33(24,31(42)43)19-28(40)27-17-25(20-39(27)30(22)41)44-32-38-26-13-6-7-14-29(26)45-32/h5-9,11-14,16,22,24-25,27H,1-4,10,15,17-20H2,(H,42,43)/b11-5-/t22-,24+,25-,27+,33-/m1/s1. The van der Waals surface area contributed by atoms with Crippen molar-refractivity contribution in [1.82, 2.24) is 9.88 Å². The predicted molar refractivity (Wildman–Crippen MR) is 163 cm³/mol. The number of para-hydroxylation sites is 1. The van der Waals surface area contributed by atoms with E-state index < -0.39 is 41.2 Å². The summed E-state index contributed by atoms with van der Waals surface area (Å²) in [5.74, 6) is -2.54. The first-order valence-corrected chi connectivity index (χ1v) is 16.3. The van der Waals surface area contributed by atoms with Gasteiger partial charge in [-0.15, -0.1) is 0 Å². The zero-order valence-corrected chi connectivity index (χ0v) is 25.5. The van der Waals surface area contributed by atoms with Crippen LogP contribution in [0, 0.1) is 17.3 Å². The molecule has 2 fully saturated rings. The average molecular weight is 641 g/mol. The molecule has 7 nitrogen and oxygen atoms in total. The van der Waals surface area contributed by atoms with Gasteiger partial charge < -0.3 is 14.7 Å². The Kier molecular flexibility index (Phi) is 8.74. The second kappa shape index (κ2) is 12.6. The first kappa shape index (κ1) is 31.3. The van der Waals surface area contributed by atoms with Crippen LogP contribution in [0.3, 0.4) is 0 Å². The normalized spacial score (nSPS) is 28.6. The number of hydrogen-bond donors (Lipinski definition) is 1. The lowest BCUT2D eigenvalue weighted by atomic mass is 9.90. The molecule has 238 valence electrons. The van der Waals surface area contributed by atoms with Gasteiger partial charge in [-0.3, -0.25) is 14.4 Å². The highest BCUT2D eigenvalue weighted by atomic mass is 32.1. The van der Waals surface area contributed by atoms with Crippen molar-refractivity contribution < 1.29 is 37.4 Å². The Morgan fingerprint density at radius 3 is 2.71 bits per heavy atom. The summed E-state index contributed by atoms with van der Waals surface area (Å²) in [6, 6.07) is 11.7. The predicted octanol–water partition coefficient (Wildman–Crippen LogP) is 7.09. The fourth-order valence-electron chi connectivity index (χ4n) is 6.81. The lowest BCUT2D eigenvalue weighted by Gasteiger charge is -2.29. The van der Waals surface area contributed by atoms with Crippen molar-refractivity contribution >= 4 is 39.2 Å². The molecule has 1 saturated carbocycles. The van der Waals surface area contributed by atoms with Gasteiger partial charge in [-0.25, -0.2) is 4.98 Å². The van der Waals surface area contributed by atoms with Gasteiger partial charge in [0, 0.05) is 18.8 Å². The third kappa shape index (κ3) is 6.78. The summed E-state index contributed by atoms with van der Waals surface area (Å²) in [6.45, 7) is 0.105. The lowest BCUT2D eigenvalue weighted by molar-refractivity contribution is -0.147. The SMILES string of the molecule is O=C1C[C@]2(C(=O)O)C[C@@H]2/C=C\CCCCC[C@H](Cc2cccc(C(F)(F)F)c2)C(=O)N2C[C@H](Oc3nc4ccccc4s3)C[C@@H]12. The van der Waals surface area contributed by atoms with Gasteiger partial charge in [-0.1, -0.05) is 66.7 Å². The van der Waals surface area contributed by atoms with Gasteiger partial charge >= 0.3 is 12.1 Å². The van der Waals surface area contributed by atoms with Crippen LogP contribution in [-0.4, -0.2) is 51.3 Å². The van der Waals surface area contributed by atoms with E-state index in [1.165, 1.54) is 22.3 Å². The van der Waals surface area contributed by atoms with E-state index in [-0.39, 0.29) is 43.4 Å².